The summed E-state index contributed by atoms with van der Waals surface area (Å²) < 4.78 is 2.52. The second kappa shape index (κ2) is 14.1. The number of thiophene rings is 1. The van der Waals surface area contributed by atoms with Crippen molar-refractivity contribution in [2.24, 2.45) is 0 Å². The van der Waals surface area contributed by atoms with Crippen LogP contribution in [0.25, 0.3) is 98.8 Å². The quantitative estimate of drug-likeness (QED) is 0.154. The van der Waals surface area contributed by atoms with Gasteiger partial charge in [-0.25, -0.2) is 4.98 Å². The SMILES string of the molecule is c1ccc(-c2ccc(-c3nc(-c4ccc(-c5cccc(-c6cccc(-c7ccccc7)c6)c5)c5c4[sH+]c4ccccc45)nc(-c4ccccc4)[nH+]3)cc2)cc1. The van der Waals surface area contributed by atoms with Crippen molar-refractivity contribution in [3.63, 3.8) is 0 Å². The van der Waals surface area contributed by atoms with Gasteiger partial charge in [0, 0.05) is 5.39 Å². The van der Waals surface area contributed by atoms with Crippen molar-refractivity contribution < 1.29 is 4.98 Å². The number of aromatic nitrogens is 3. The molecule has 258 valence electrons. The summed E-state index contributed by atoms with van der Waals surface area (Å²) >= 11 is 1.15. The van der Waals surface area contributed by atoms with Crippen LogP contribution < -0.4 is 4.98 Å². The molecule has 2 heterocycles. The van der Waals surface area contributed by atoms with E-state index >= 15 is 0 Å². The fraction of sp³-hybridized carbons (Fsp3) is 0. The van der Waals surface area contributed by atoms with Crippen molar-refractivity contribution in [1.82, 2.24) is 9.97 Å². The summed E-state index contributed by atoms with van der Waals surface area (Å²) in [6.45, 7) is 0. The maximum atomic E-state index is 5.26. The Kier molecular flexibility index (Phi) is 8.36. The van der Waals surface area contributed by atoms with Gasteiger partial charge in [-0.1, -0.05) is 156 Å². The van der Waals surface area contributed by atoms with Crippen LogP contribution in [0.2, 0.25) is 0 Å². The van der Waals surface area contributed by atoms with E-state index in [2.05, 4.69) is 181 Å². The molecule has 8 aromatic carbocycles. The fourth-order valence-electron chi connectivity index (χ4n) is 7.53. The highest BCUT2D eigenvalue weighted by atomic mass is 32.1. The second-order valence-electron chi connectivity index (χ2n) is 13.7. The standard InChI is InChI=1S/C51H33N3S/c1-4-14-34(15-5-1)36-26-28-38(29-27-36)50-52-49(37-18-8-3-9-19-37)53-51(54-50)45-31-30-43(47-44-24-10-11-25-46(44)55-48(45)47)42-23-13-22-41(33-42)40-21-12-20-39(32-40)35-16-6-2-7-17-35/h1-33H/p+2. The minimum atomic E-state index is 0.703. The summed E-state index contributed by atoms with van der Waals surface area (Å²) in [5, 5.41) is 2.51. The molecule has 0 amide bonds. The first-order chi connectivity index (χ1) is 27.2. The predicted molar refractivity (Wildman–Crippen MR) is 231 cm³/mol. The molecule has 0 aliphatic carbocycles. The summed E-state index contributed by atoms with van der Waals surface area (Å²) in [6.07, 6.45) is 0. The Labute approximate surface area is 323 Å². The summed E-state index contributed by atoms with van der Waals surface area (Å²) in [5.74, 6) is 2.26. The van der Waals surface area contributed by atoms with Gasteiger partial charge in [0.2, 0.25) is 0 Å². The molecule has 10 aromatic rings. The summed E-state index contributed by atoms with van der Waals surface area (Å²) in [7, 11) is 0. The number of benzene rings is 8. The molecule has 0 bridgehead atoms. The number of nitrogens with zero attached hydrogens (tertiary/aromatic N) is 2. The smallest absolute Gasteiger partial charge is 0.240 e. The maximum absolute atomic E-state index is 5.26. The molecule has 2 aromatic heterocycles. The number of H-pyrrole nitrogens is 1. The zero-order chi connectivity index (χ0) is 36.6. The summed E-state index contributed by atoms with van der Waals surface area (Å²) in [5.41, 5.74) is 12.6. The highest BCUT2D eigenvalue weighted by Crippen LogP contribution is 2.45. The highest BCUT2D eigenvalue weighted by Gasteiger charge is 2.27. The van der Waals surface area contributed by atoms with Crippen molar-refractivity contribution in [3.05, 3.63) is 200 Å². The molecule has 0 saturated heterocycles. The first kappa shape index (κ1) is 32.6. The molecule has 0 atom stereocenters. The van der Waals surface area contributed by atoms with Gasteiger partial charge < -0.3 is 0 Å². The predicted octanol–water partition coefficient (Wildman–Crippen LogP) is 13.1. The molecule has 4 heteroatoms. The van der Waals surface area contributed by atoms with Gasteiger partial charge in [0.15, 0.2) is 9.40 Å². The van der Waals surface area contributed by atoms with Gasteiger partial charge in [-0.2, -0.15) is 0 Å². The van der Waals surface area contributed by atoms with Crippen LogP contribution in [-0.4, -0.2) is 9.97 Å². The van der Waals surface area contributed by atoms with Crippen molar-refractivity contribution >= 4 is 31.5 Å². The van der Waals surface area contributed by atoms with Crippen LogP contribution in [0, 0.1) is 0 Å². The average molecular weight is 722 g/mol. The van der Waals surface area contributed by atoms with Crippen LogP contribution in [0.4, 0.5) is 0 Å². The van der Waals surface area contributed by atoms with Gasteiger partial charge in [-0.05, 0) is 110 Å². The minimum absolute atomic E-state index is 0.703. The molecule has 0 saturated carbocycles. The van der Waals surface area contributed by atoms with E-state index < -0.39 is 0 Å². The molecule has 10 rings (SSSR count). The van der Waals surface area contributed by atoms with Gasteiger partial charge in [-0.15, -0.1) is 0 Å². The Morgan fingerprint density at radius 1 is 0.345 bits per heavy atom. The number of nitrogens with one attached hydrogen (secondary N) is 1. The molecule has 0 aliphatic rings. The number of hydrogen-bond acceptors (Lipinski definition) is 2. The second-order valence-corrected chi connectivity index (χ2v) is 14.9. The van der Waals surface area contributed by atoms with E-state index in [4.69, 9.17) is 9.97 Å². The Balaban J connectivity index is 1.12. The maximum Gasteiger partial charge on any atom is 0.314 e. The van der Waals surface area contributed by atoms with Crippen LogP contribution in [0.5, 0.6) is 0 Å². The topological polar surface area (TPSA) is 39.9 Å². The van der Waals surface area contributed by atoms with Crippen molar-refractivity contribution in [2.45, 2.75) is 0 Å². The third kappa shape index (κ3) is 6.29. The Bertz CT molecular complexity index is 2950. The first-order valence-corrected chi connectivity index (χ1v) is 19.4. The van der Waals surface area contributed by atoms with E-state index in [1.807, 2.05) is 24.3 Å². The van der Waals surface area contributed by atoms with E-state index in [0.29, 0.717) is 5.82 Å². The van der Waals surface area contributed by atoms with E-state index in [1.54, 1.807) is 0 Å². The lowest BCUT2D eigenvalue weighted by molar-refractivity contribution is -0.359. The molecule has 3 nitrogen and oxygen atoms in total. The zero-order valence-corrected chi connectivity index (χ0v) is 30.8. The third-order valence-corrected chi connectivity index (χ3v) is 11.6. The van der Waals surface area contributed by atoms with Gasteiger partial charge in [-0.3, -0.25) is 0 Å². The average Bonchev–Trinajstić information content (AvgIpc) is 3.67. The van der Waals surface area contributed by atoms with Crippen LogP contribution in [0.3, 0.4) is 0 Å². The molecule has 1 N–H and O–H groups in total. The molecule has 0 spiro atoms. The lowest BCUT2D eigenvalue weighted by atomic mass is 9.93. The summed E-state index contributed by atoms with van der Waals surface area (Å²) in [6, 6.07) is 71.0. The van der Waals surface area contributed by atoms with Crippen LogP contribution in [0.15, 0.2) is 200 Å². The fourth-order valence-corrected chi connectivity index (χ4v) is 8.88. The van der Waals surface area contributed by atoms with Gasteiger partial charge in [0.05, 0.1) is 16.5 Å². The largest absolute Gasteiger partial charge is 0.314 e. The van der Waals surface area contributed by atoms with Gasteiger partial charge in [0.25, 0.3) is 11.6 Å². The third-order valence-electron chi connectivity index (χ3n) is 10.3. The lowest BCUT2D eigenvalue weighted by Crippen LogP contribution is -2.17. The highest BCUT2D eigenvalue weighted by molar-refractivity contribution is 7.26. The van der Waals surface area contributed by atoms with Crippen LogP contribution in [0.1, 0.15) is 0 Å². The number of hydrogen-bond donors (Lipinski definition) is 0. The van der Waals surface area contributed by atoms with Crippen LogP contribution >= 0.6 is 11.3 Å². The molecule has 0 aliphatic heterocycles. The Morgan fingerprint density at radius 2 is 0.782 bits per heavy atom. The van der Waals surface area contributed by atoms with Crippen LogP contribution in [-0.2, 0) is 0 Å². The molecule has 55 heavy (non-hydrogen) atoms. The number of rotatable bonds is 7. The first-order valence-electron chi connectivity index (χ1n) is 18.5. The molecule has 0 unspecified atom stereocenters. The number of aromatic amines is 1. The summed E-state index contributed by atoms with van der Waals surface area (Å²) in [4.78, 5) is 14.1. The van der Waals surface area contributed by atoms with Gasteiger partial charge >= 0.3 is 5.82 Å². The van der Waals surface area contributed by atoms with Crippen molar-refractivity contribution in [2.75, 3.05) is 0 Å². The normalized spacial score (nSPS) is 11.3. The van der Waals surface area contributed by atoms with Crippen molar-refractivity contribution in [3.8, 4) is 78.7 Å². The molecular weight excluding hydrogens is 687 g/mol. The Morgan fingerprint density at radius 3 is 1.44 bits per heavy atom. The zero-order valence-electron chi connectivity index (χ0n) is 29.9. The molecule has 0 fully saturated rings. The lowest BCUT2D eigenvalue weighted by Gasteiger charge is -2.10. The Hall–Kier alpha value is -7.01. The number of fused-ring (bicyclic) bond motifs is 3. The van der Waals surface area contributed by atoms with Crippen molar-refractivity contribution in [1.29, 1.82) is 0 Å². The van der Waals surface area contributed by atoms with Gasteiger partial charge in [0.1, 0.15) is 5.56 Å². The molecular formula is C51H35N3S+2. The molecule has 0 radical (unpaired) electrons. The van der Waals surface area contributed by atoms with E-state index in [-0.39, 0.29) is 0 Å². The minimum Gasteiger partial charge on any atom is -0.240 e. The van der Waals surface area contributed by atoms with E-state index in [0.717, 1.165) is 39.7 Å². The monoisotopic (exact) mass is 721 g/mol. The van der Waals surface area contributed by atoms with E-state index in [9.17, 15) is 0 Å². The van der Waals surface area contributed by atoms with E-state index in [1.165, 1.54) is 64.7 Å².